The minimum Gasteiger partial charge on any atom is -0.493 e. The Morgan fingerprint density at radius 2 is 1.65 bits per heavy atom. The average molecular weight is 424 g/mol. The average Bonchev–Trinajstić information content (AvgIpc) is 2.66. The van der Waals surface area contributed by atoms with Gasteiger partial charge in [0.05, 0.1) is 27.0 Å². The summed E-state index contributed by atoms with van der Waals surface area (Å²) in [5.74, 6) is -0.340. The fraction of sp³-hybridized carbons (Fsp3) is 0.222. The number of anilines is 1. The third kappa shape index (κ3) is 4.45. The lowest BCUT2D eigenvalue weighted by Gasteiger charge is -2.15. The van der Waals surface area contributed by atoms with Crippen LogP contribution in [-0.4, -0.2) is 39.8 Å². The minimum absolute atomic E-state index is 0.124. The Kier molecular flexibility index (Phi) is 6.85. The van der Waals surface area contributed by atoms with Crippen LogP contribution >= 0.6 is 15.9 Å². The normalized spacial score (nSPS) is 10.0. The molecule has 2 aromatic rings. The largest absolute Gasteiger partial charge is 0.493 e. The summed E-state index contributed by atoms with van der Waals surface area (Å²) >= 11 is 3.33. The van der Waals surface area contributed by atoms with Crippen LogP contribution in [0.25, 0.3) is 0 Å². The summed E-state index contributed by atoms with van der Waals surface area (Å²) in [4.78, 5) is 24.3. The molecule has 8 heteroatoms. The molecule has 7 nitrogen and oxygen atoms in total. The van der Waals surface area contributed by atoms with E-state index in [1.807, 2.05) is 6.07 Å². The summed E-state index contributed by atoms with van der Waals surface area (Å²) < 4.78 is 21.4. The number of carbonyl (C=O) groups is 2. The summed E-state index contributed by atoms with van der Waals surface area (Å²) in [5.41, 5.74) is 0.705. The molecule has 0 bridgehead atoms. The Bertz CT molecular complexity index is 808. The number of hydrogen-bond donors (Lipinski definition) is 1. The molecule has 0 radical (unpaired) electrons. The summed E-state index contributed by atoms with van der Waals surface area (Å²) in [5, 5.41) is 2.65. The molecule has 0 aliphatic heterocycles. The van der Waals surface area contributed by atoms with Crippen molar-refractivity contribution in [3.05, 3.63) is 46.4 Å². The Morgan fingerprint density at radius 1 is 0.962 bits per heavy atom. The smallest absolute Gasteiger partial charge is 0.342 e. The second-order valence-corrected chi connectivity index (χ2v) is 5.84. The molecule has 0 unspecified atom stereocenters. The first-order valence-electron chi connectivity index (χ1n) is 7.52. The molecule has 0 aliphatic rings. The van der Waals surface area contributed by atoms with Crippen LogP contribution in [0.5, 0.6) is 17.2 Å². The Labute approximate surface area is 159 Å². The first-order chi connectivity index (χ1) is 12.5. The number of ether oxygens (including phenoxy) is 4. The molecule has 0 aliphatic carbocycles. The van der Waals surface area contributed by atoms with Gasteiger partial charge >= 0.3 is 5.97 Å². The number of carbonyl (C=O) groups excluding carboxylic acids is 2. The van der Waals surface area contributed by atoms with Crippen LogP contribution in [0.2, 0.25) is 0 Å². The molecule has 2 aromatic carbocycles. The number of para-hydroxylation sites is 1. The Hall–Kier alpha value is -2.74. The predicted molar refractivity (Wildman–Crippen MR) is 99.2 cm³/mol. The number of nitrogens with one attached hydrogen (secondary N) is 1. The zero-order valence-corrected chi connectivity index (χ0v) is 16.1. The molecular formula is C18H18BrNO6. The van der Waals surface area contributed by atoms with Gasteiger partial charge in [-0.3, -0.25) is 4.79 Å². The zero-order chi connectivity index (χ0) is 19.1. The van der Waals surface area contributed by atoms with Gasteiger partial charge < -0.3 is 24.3 Å². The highest BCUT2D eigenvalue weighted by atomic mass is 79.9. The second kappa shape index (κ2) is 9.10. The monoisotopic (exact) mass is 423 g/mol. The second-order valence-electron chi connectivity index (χ2n) is 4.99. The van der Waals surface area contributed by atoms with Crippen molar-refractivity contribution in [3.63, 3.8) is 0 Å². The van der Waals surface area contributed by atoms with E-state index in [9.17, 15) is 9.59 Å². The molecule has 2 rings (SSSR count). The maximum atomic E-state index is 12.3. The predicted octanol–water partition coefficient (Wildman–Crippen LogP) is 3.27. The summed E-state index contributed by atoms with van der Waals surface area (Å²) in [7, 11) is 4.30. The highest BCUT2D eigenvalue weighted by Crippen LogP contribution is 2.39. The Morgan fingerprint density at radius 3 is 2.27 bits per heavy atom. The number of esters is 1. The van der Waals surface area contributed by atoms with Crippen molar-refractivity contribution in [2.45, 2.75) is 0 Å². The first kappa shape index (κ1) is 19.6. The molecule has 26 heavy (non-hydrogen) atoms. The molecule has 0 fully saturated rings. The van der Waals surface area contributed by atoms with Gasteiger partial charge in [-0.1, -0.05) is 12.1 Å². The van der Waals surface area contributed by atoms with Gasteiger partial charge in [-0.2, -0.15) is 0 Å². The van der Waals surface area contributed by atoms with E-state index in [1.165, 1.54) is 27.4 Å². The molecule has 0 saturated carbocycles. The van der Waals surface area contributed by atoms with Gasteiger partial charge in [-0.25, -0.2) is 4.79 Å². The fourth-order valence-corrected chi connectivity index (χ4v) is 2.60. The van der Waals surface area contributed by atoms with E-state index in [0.717, 1.165) is 4.47 Å². The van der Waals surface area contributed by atoms with Crippen LogP contribution in [0.1, 0.15) is 10.4 Å². The number of benzene rings is 2. The number of hydrogen-bond acceptors (Lipinski definition) is 6. The van der Waals surface area contributed by atoms with E-state index in [1.54, 1.807) is 24.3 Å². The van der Waals surface area contributed by atoms with Crippen LogP contribution in [0.3, 0.4) is 0 Å². The van der Waals surface area contributed by atoms with Gasteiger partial charge in [0.15, 0.2) is 18.1 Å². The Balaban J connectivity index is 2.08. The highest BCUT2D eigenvalue weighted by molar-refractivity contribution is 9.10. The number of amides is 1. The van der Waals surface area contributed by atoms with Crippen molar-refractivity contribution in [1.29, 1.82) is 0 Å². The van der Waals surface area contributed by atoms with Crippen molar-refractivity contribution < 1.29 is 28.5 Å². The lowest BCUT2D eigenvalue weighted by molar-refractivity contribution is -0.119. The minimum atomic E-state index is -0.718. The van der Waals surface area contributed by atoms with E-state index >= 15 is 0 Å². The quantitative estimate of drug-likeness (QED) is 0.688. The van der Waals surface area contributed by atoms with E-state index in [-0.39, 0.29) is 17.1 Å². The lowest BCUT2D eigenvalue weighted by atomic mass is 10.1. The van der Waals surface area contributed by atoms with E-state index in [0.29, 0.717) is 11.4 Å². The van der Waals surface area contributed by atoms with Crippen molar-refractivity contribution >= 4 is 33.5 Å². The molecule has 0 spiro atoms. The van der Waals surface area contributed by atoms with Gasteiger partial charge in [0.2, 0.25) is 5.75 Å². The SMILES string of the molecule is COc1ccc(C(=O)OCC(=O)Nc2ccccc2Br)c(OC)c1OC. The van der Waals surface area contributed by atoms with Crippen LogP contribution in [0.4, 0.5) is 5.69 Å². The van der Waals surface area contributed by atoms with E-state index in [4.69, 9.17) is 18.9 Å². The standard InChI is InChI=1S/C18H18BrNO6/c1-23-14-9-8-11(16(24-2)17(14)25-3)18(22)26-10-15(21)20-13-7-5-4-6-12(13)19/h4-9H,10H2,1-3H3,(H,20,21). The van der Waals surface area contributed by atoms with E-state index in [2.05, 4.69) is 21.2 Å². The molecule has 1 N–H and O–H groups in total. The summed E-state index contributed by atoms with van der Waals surface area (Å²) in [6, 6.07) is 10.1. The van der Waals surface area contributed by atoms with Gasteiger partial charge in [0, 0.05) is 4.47 Å². The third-order valence-electron chi connectivity index (χ3n) is 3.41. The highest BCUT2D eigenvalue weighted by Gasteiger charge is 2.22. The van der Waals surface area contributed by atoms with Crippen molar-refractivity contribution in [2.24, 2.45) is 0 Å². The molecule has 0 atom stereocenters. The number of halogens is 1. The van der Waals surface area contributed by atoms with Crippen LogP contribution in [0.15, 0.2) is 40.9 Å². The summed E-state index contributed by atoms with van der Waals surface area (Å²) in [6.45, 7) is -0.447. The first-order valence-corrected chi connectivity index (χ1v) is 8.31. The molecule has 1 amide bonds. The van der Waals surface area contributed by atoms with Gasteiger partial charge in [-0.15, -0.1) is 0 Å². The van der Waals surface area contributed by atoms with Crippen LogP contribution < -0.4 is 19.5 Å². The maximum Gasteiger partial charge on any atom is 0.342 e. The molecule has 0 aromatic heterocycles. The summed E-state index contributed by atoms with van der Waals surface area (Å²) in [6.07, 6.45) is 0. The van der Waals surface area contributed by atoms with Crippen molar-refractivity contribution in [2.75, 3.05) is 33.3 Å². The van der Waals surface area contributed by atoms with Crippen molar-refractivity contribution in [3.8, 4) is 17.2 Å². The van der Waals surface area contributed by atoms with Crippen LogP contribution in [0, 0.1) is 0 Å². The molecule has 0 saturated heterocycles. The fourth-order valence-electron chi connectivity index (χ4n) is 2.22. The number of rotatable bonds is 7. The van der Waals surface area contributed by atoms with Gasteiger partial charge in [0.1, 0.15) is 5.56 Å². The lowest BCUT2D eigenvalue weighted by Crippen LogP contribution is -2.21. The topological polar surface area (TPSA) is 83.1 Å². The maximum absolute atomic E-state index is 12.3. The molecule has 0 heterocycles. The third-order valence-corrected chi connectivity index (χ3v) is 4.10. The number of methoxy groups -OCH3 is 3. The van der Waals surface area contributed by atoms with Gasteiger partial charge in [-0.05, 0) is 40.2 Å². The van der Waals surface area contributed by atoms with Crippen LogP contribution in [-0.2, 0) is 9.53 Å². The van der Waals surface area contributed by atoms with E-state index < -0.39 is 18.5 Å². The molecular weight excluding hydrogens is 406 g/mol. The molecule has 138 valence electrons. The van der Waals surface area contributed by atoms with Gasteiger partial charge in [0.25, 0.3) is 5.91 Å². The van der Waals surface area contributed by atoms with Crippen molar-refractivity contribution in [1.82, 2.24) is 0 Å². The zero-order valence-electron chi connectivity index (χ0n) is 14.5.